The summed E-state index contributed by atoms with van der Waals surface area (Å²) in [5.41, 5.74) is 2.44. The number of carbonyl (C=O) groups excluding carboxylic acids is 1. The number of para-hydroxylation sites is 1. The number of aromatic nitrogens is 1. The van der Waals surface area contributed by atoms with Crippen molar-refractivity contribution < 1.29 is 14.3 Å². The highest BCUT2D eigenvalue weighted by atomic mass is 32.1. The summed E-state index contributed by atoms with van der Waals surface area (Å²) in [6.07, 6.45) is 5.19. The van der Waals surface area contributed by atoms with Gasteiger partial charge in [0.05, 0.1) is 30.4 Å². The predicted molar refractivity (Wildman–Crippen MR) is 120 cm³/mol. The van der Waals surface area contributed by atoms with Crippen LogP contribution < -0.4 is 14.8 Å². The molecule has 1 aliphatic carbocycles. The number of benzene rings is 2. The Morgan fingerprint density at radius 1 is 1.17 bits per heavy atom. The lowest BCUT2D eigenvalue weighted by Gasteiger charge is -2.14. The molecule has 4 rings (SSSR count). The zero-order chi connectivity index (χ0) is 20.8. The summed E-state index contributed by atoms with van der Waals surface area (Å²) >= 11 is 1.52. The zero-order valence-corrected chi connectivity index (χ0v) is 17.9. The van der Waals surface area contributed by atoms with Crippen LogP contribution in [0.15, 0.2) is 53.9 Å². The second-order valence-corrected chi connectivity index (χ2v) is 8.21. The highest BCUT2D eigenvalue weighted by Crippen LogP contribution is 2.32. The lowest BCUT2D eigenvalue weighted by molar-refractivity contribution is -0.115. The summed E-state index contributed by atoms with van der Waals surface area (Å²) in [7, 11) is 0. The largest absolute Gasteiger partial charge is 0.493 e. The van der Waals surface area contributed by atoms with Crippen molar-refractivity contribution in [3.05, 3.63) is 59.6 Å². The molecular formula is C24H26N2O3S. The molecule has 1 aliphatic rings. The Hall–Kier alpha value is -2.86. The van der Waals surface area contributed by atoms with Gasteiger partial charge in [0.15, 0.2) is 0 Å². The number of carbonyl (C=O) groups is 1. The second-order valence-electron chi connectivity index (χ2n) is 7.35. The number of nitrogens with one attached hydrogen (secondary N) is 1. The minimum atomic E-state index is -0.0945. The first kappa shape index (κ1) is 20.4. The van der Waals surface area contributed by atoms with Gasteiger partial charge in [-0.3, -0.25) is 4.79 Å². The lowest BCUT2D eigenvalue weighted by atomic mass is 10.2. The van der Waals surface area contributed by atoms with E-state index in [1.807, 2.05) is 60.8 Å². The molecule has 156 valence electrons. The molecule has 0 radical (unpaired) electrons. The molecule has 0 spiro atoms. The van der Waals surface area contributed by atoms with Crippen LogP contribution in [0.25, 0.3) is 10.6 Å². The van der Waals surface area contributed by atoms with Gasteiger partial charge >= 0.3 is 0 Å². The van der Waals surface area contributed by atoms with Crippen LogP contribution in [0, 0.1) is 0 Å². The molecule has 1 aromatic heterocycles. The Kier molecular flexibility index (Phi) is 6.64. The Bertz CT molecular complexity index is 995. The van der Waals surface area contributed by atoms with Crippen LogP contribution in [-0.4, -0.2) is 23.6 Å². The predicted octanol–water partition coefficient (Wildman–Crippen LogP) is 5.71. The first-order valence-corrected chi connectivity index (χ1v) is 11.3. The van der Waals surface area contributed by atoms with E-state index in [9.17, 15) is 4.79 Å². The van der Waals surface area contributed by atoms with Crippen LogP contribution in [0.5, 0.6) is 11.5 Å². The number of rotatable bonds is 8. The molecule has 1 amide bonds. The lowest BCUT2D eigenvalue weighted by Crippen LogP contribution is -2.15. The van der Waals surface area contributed by atoms with Gasteiger partial charge in [-0.15, -0.1) is 11.3 Å². The summed E-state index contributed by atoms with van der Waals surface area (Å²) < 4.78 is 11.7. The summed E-state index contributed by atoms with van der Waals surface area (Å²) in [4.78, 5) is 17.2. The van der Waals surface area contributed by atoms with Crippen LogP contribution >= 0.6 is 11.3 Å². The van der Waals surface area contributed by atoms with Crippen molar-refractivity contribution in [2.45, 2.75) is 45.1 Å². The second kappa shape index (κ2) is 9.76. The van der Waals surface area contributed by atoms with E-state index in [2.05, 4.69) is 10.3 Å². The normalized spacial score (nSPS) is 13.9. The van der Waals surface area contributed by atoms with Crippen LogP contribution in [0.3, 0.4) is 0 Å². The molecule has 3 aromatic rings. The van der Waals surface area contributed by atoms with Gasteiger partial charge in [0.25, 0.3) is 0 Å². The molecular weight excluding hydrogens is 396 g/mol. The van der Waals surface area contributed by atoms with Crippen molar-refractivity contribution in [3.8, 4) is 22.1 Å². The minimum Gasteiger partial charge on any atom is -0.493 e. The van der Waals surface area contributed by atoms with Crippen molar-refractivity contribution in [3.63, 3.8) is 0 Å². The highest BCUT2D eigenvalue weighted by molar-refractivity contribution is 7.13. The third-order valence-corrected chi connectivity index (χ3v) is 5.96. The van der Waals surface area contributed by atoms with Gasteiger partial charge < -0.3 is 14.8 Å². The molecule has 1 saturated carbocycles. The molecule has 0 atom stereocenters. The zero-order valence-electron chi connectivity index (χ0n) is 17.1. The van der Waals surface area contributed by atoms with E-state index < -0.39 is 0 Å². The summed E-state index contributed by atoms with van der Waals surface area (Å²) in [6.45, 7) is 2.56. The molecule has 2 aromatic carbocycles. The average molecular weight is 423 g/mol. The van der Waals surface area contributed by atoms with Crippen LogP contribution in [0.4, 0.5) is 5.69 Å². The van der Waals surface area contributed by atoms with Crippen molar-refractivity contribution in [2.75, 3.05) is 11.9 Å². The Labute approximate surface area is 181 Å². The minimum absolute atomic E-state index is 0.0945. The number of anilines is 1. The first-order chi connectivity index (χ1) is 14.7. The molecule has 1 N–H and O–H groups in total. The standard InChI is InChI=1S/C24H26N2O3S/c1-2-28-22-13-6-5-12-21(22)24-26-18(16-30-24)15-23(27)25-17-8-7-11-20(14-17)29-19-9-3-4-10-19/h5-8,11-14,16,19H,2-4,9-10,15H2,1H3,(H,25,27). The number of hydrogen-bond donors (Lipinski definition) is 1. The van der Waals surface area contributed by atoms with Gasteiger partial charge in [0, 0.05) is 17.1 Å². The number of hydrogen-bond acceptors (Lipinski definition) is 5. The smallest absolute Gasteiger partial charge is 0.230 e. The van der Waals surface area contributed by atoms with Crippen molar-refractivity contribution in [2.24, 2.45) is 0 Å². The number of amides is 1. The van der Waals surface area contributed by atoms with Gasteiger partial charge in [0.1, 0.15) is 16.5 Å². The van der Waals surface area contributed by atoms with E-state index in [4.69, 9.17) is 9.47 Å². The number of ether oxygens (including phenoxy) is 2. The SMILES string of the molecule is CCOc1ccccc1-c1nc(CC(=O)Nc2cccc(OC3CCCC3)c2)cs1. The van der Waals surface area contributed by atoms with Gasteiger partial charge in [-0.1, -0.05) is 18.2 Å². The van der Waals surface area contributed by atoms with Crippen LogP contribution in [0.1, 0.15) is 38.3 Å². The highest BCUT2D eigenvalue weighted by Gasteiger charge is 2.17. The number of thiazole rings is 1. The Balaban J connectivity index is 1.38. The monoisotopic (exact) mass is 422 g/mol. The Morgan fingerprint density at radius 2 is 2.00 bits per heavy atom. The third-order valence-electron chi connectivity index (χ3n) is 5.03. The molecule has 1 heterocycles. The van der Waals surface area contributed by atoms with E-state index in [1.165, 1.54) is 24.2 Å². The molecule has 0 bridgehead atoms. The van der Waals surface area contributed by atoms with Crippen LogP contribution in [0.2, 0.25) is 0 Å². The van der Waals surface area contributed by atoms with E-state index in [0.717, 1.165) is 46.3 Å². The maximum Gasteiger partial charge on any atom is 0.230 e. The van der Waals surface area contributed by atoms with E-state index in [-0.39, 0.29) is 12.3 Å². The summed E-state index contributed by atoms with van der Waals surface area (Å²) in [5.74, 6) is 1.52. The van der Waals surface area contributed by atoms with Crippen molar-refractivity contribution >= 4 is 22.9 Å². The van der Waals surface area contributed by atoms with Crippen LogP contribution in [-0.2, 0) is 11.2 Å². The topological polar surface area (TPSA) is 60.5 Å². The molecule has 30 heavy (non-hydrogen) atoms. The van der Waals surface area contributed by atoms with Crippen molar-refractivity contribution in [1.82, 2.24) is 4.98 Å². The quantitative estimate of drug-likeness (QED) is 0.505. The van der Waals surface area contributed by atoms with E-state index in [1.54, 1.807) is 0 Å². The van der Waals surface area contributed by atoms with Crippen molar-refractivity contribution in [1.29, 1.82) is 0 Å². The Morgan fingerprint density at radius 3 is 2.83 bits per heavy atom. The average Bonchev–Trinajstić information content (AvgIpc) is 3.41. The fraction of sp³-hybridized carbons (Fsp3) is 0.333. The third kappa shape index (κ3) is 5.19. The van der Waals surface area contributed by atoms with Gasteiger partial charge in [-0.2, -0.15) is 0 Å². The maximum absolute atomic E-state index is 12.5. The van der Waals surface area contributed by atoms with Gasteiger partial charge in [-0.05, 0) is 56.9 Å². The fourth-order valence-electron chi connectivity index (χ4n) is 3.65. The summed E-state index contributed by atoms with van der Waals surface area (Å²) in [5, 5.41) is 5.74. The first-order valence-electron chi connectivity index (χ1n) is 10.4. The maximum atomic E-state index is 12.5. The number of nitrogens with zero attached hydrogens (tertiary/aromatic N) is 1. The van der Waals surface area contributed by atoms with E-state index >= 15 is 0 Å². The molecule has 0 saturated heterocycles. The molecule has 6 heteroatoms. The molecule has 0 aliphatic heterocycles. The molecule has 1 fully saturated rings. The summed E-state index contributed by atoms with van der Waals surface area (Å²) in [6, 6.07) is 15.5. The van der Waals surface area contributed by atoms with Gasteiger partial charge in [0.2, 0.25) is 5.91 Å². The van der Waals surface area contributed by atoms with Gasteiger partial charge in [-0.25, -0.2) is 4.98 Å². The fourth-order valence-corrected chi connectivity index (χ4v) is 4.50. The van der Waals surface area contributed by atoms with E-state index in [0.29, 0.717) is 12.7 Å². The molecule has 5 nitrogen and oxygen atoms in total. The molecule has 0 unspecified atom stereocenters.